The van der Waals surface area contributed by atoms with Crippen molar-refractivity contribution in [3.63, 3.8) is 0 Å². The van der Waals surface area contributed by atoms with Gasteiger partial charge in [0.1, 0.15) is 30.5 Å². The van der Waals surface area contributed by atoms with Gasteiger partial charge >= 0.3 is 0 Å². The van der Waals surface area contributed by atoms with Crippen molar-refractivity contribution in [3.8, 4) is 0 Å². The lowest BCUT2D eigenvalue weighted by Crippen LogP contribution is -2.64. The predicted molar refractivity (Wildman–Crippen MR) is 113 cm³/mol. The van der Waals surface area contributed by atoms with Crippen LogP contribution in [-0.4, -0.2) is 37.7 Å². The van der Waals surface area contributed by atoms with Gasteiger partial charge in [0.25, 0.3) is 11.8 Å². The average Bonchev–Trinajstić information content (AvgIpc) is 3.24. The van der Waals surface area contributed by atoms with E-state index in [0.29, 0.717) is 23.7 Å². The number of amides is 1. The van der Waals surface area contributed by atoms with Gasteiger partial charge in [-0.05, 0) is 59.3 Å². The lowest BCUT2D eigenvalue weighted by Gasteiger charge is -2.52. The number of halogens is 3. The van der Waals surface area contributed by atoms with E-state index in [1.54, 1.807) is 25.2 Å². The van der Waals surface area contributed by atoms with Gasteiger partial charge in [-0.2, -0.15) is 5.10 Å². The standard InChI is InChI=1S/C20H18F2IN5O2/c1-3-18(27-11-24-10-25-27)28-19(29)14-6-5-13(23)9-17(14)26(2)20(28,30)15-7-4-12(21)8-16(15)22/h4-11,18,30H,3H2,1-2H3. The lowest BCUT2D eigenvalue weighted by molar-refractivity contribution is -0.132. The molecule has 1 N–H and O–H groups in total. The molecule has 2 heterocycles. The Balaban J connectivity index is 2.01. The minimum absolute atomic E-state index is 0.247. The molecule has 2 aromatic carbocycles. The van der Waals surface area contributed by atoms with Crippen LogP contribution in [0, 0.1) is 15.2 Å². The van der Waals surface area contributed by atoms with Crippen LogP contribution in [0.15, 0.2) is 49.1 Å². The van der Waals surface area contributed by atoms with Crippen molar-refractivity contribution in [1.82, 2.24) is 19.7 Å². The topological polar surface area (TPSA) is 74.5 Å². The van der Waals surface area contributed by atoms with Gasteiger partial charge in [0.15, 0.2) is 0 Å². The second-order valence-electron chi connectivity index (χ2n) is 6.92. The van der Waals surface area contributed by atoms with Crippen molar-refractivity contribution in [2.24, 2.45) is 0 Å². The van der Waals surface area contributed by atoms with E-state index in [9.17, 15) is 18.7 Å². The molecule has 156 valence electrons. The molecule has 2 unspecified atom stereocenters. The first-order valence-corrected chi connectivity index (χ1v) is 10.3. The molecule has 0 aliphatic carbocycles. The normalized spacial score (nSPS) is 19.7. The van der Waals surface area contributed by atoms with Crippen LogP contribution in [0.5, 0.6) is 0 Å². The minimum atomic E-state index is -2.24. The molecular weight excluding hydrogens is 507 g/mol. The van der Waals surface area contributed by atoms with Gasteiger partial charge < -0.3 is 10.0 Å². The van der Waals surface area contributed by atoms with Crippen molar-refractivity contribution < 1.29 is 18.7 Å². The first kappa shape index (κ1) is 20.7. The van der Waals surface area contributed by atoms with E-state index >= 15 is 0 Å². The number of hydrogen-bond donors (Lipinski definition) is 1. The van der Waals surface area contributed by atoms with Crippen molar-refractivity contribution in [2.75, 3.05) is 11.9 Å². The van der Waals surface area contributed by atoms with Gasteiger partial charge in [-0.1, -0.05) is 6.92 Å². The Morgan fingerprint density at radius 1 is 1.23 bits per heavy atom. The number of benzene rings is 2. The van der Waals surface area contributed by atoms with Crippen LogP contribution in [-0.2, 0) is 5.85 Å². The van der Waals surface area contributed by atoms with Crippen molar-refractivity contribution in [2.45, 2.75) is 25.4 Å². The molecule has 0 fully saturated rings. The molecule has 0 saturated heterocycles. The predicted octanol–water partition coefficient (Wildman–Crippen LogP) is 3.46. The van der Waals surface area contributed by atoms with E-state index in [4.69, 9.17) is 0 Å². The largest absolute Gasteiger partial charge is 0.350 e. The maximum Gasteiger partial charge on any atom is 0.261 e. The number of carbonyl (C=O) groups excluding carboxylic acids is 1. The molecule has 0 bridgehead atoms. The molecule has 1 aromatic heterocycles. The van der Waals surface area contributed by atoms with Crippen LogP contribution < -0.4 is 4.90 Å². The third-order valence-corrected chi connectivity index (χ3v) is 5.94. The van der Waals surface area contributed by atoms with Crippen molar-refractivity contribution >= 4 is 34.2 Å². The zero-order chi connectivity index (χ0) is 21.6. The molecule has 1 aliphatic heterocycles. The average molecular weight is 525 g/mol. The molecular formula is C20H18F2IN5O2. The second kappa shape index (κ2) is 7.58. The van der Waals surface area contributed by atoms with Gasteiger partial charge in [0, 0.05) is 16.7 Å². The number of aromatic nitrogens is 3. The molecule has 0 spiro atoms. The summed E-state index contributed by atoms with van der Waals surface area (Å²) in [5.74, 6) is -4.49. The van der Waals surface area contributed by atoms with E-state index in [-0.39, 0.29) is 5.56 Å². The van der Waals surface area contributed by atoms with E-state index in [0.717, 1.165) is 20.6 Å². The molecule has 0 saturated carbocycles. The summed E-state index contributed by atoms with van der Waals surface area (Å²) >= 11 is 2.10. The zero-order valence-corrected chi connectivity index (χ0v) is 18.3. The third kappa shape index (κ3) is 3.05. The van der Waals surface area contributed by atoms with Crippen LogP contribution in [0.1, 0.15) is 35.4 Å². The van der Waals surface area contributed by atoms with Crippen LogP contribution in [0.3, 0.4) is 0 Å². The van der Waals surface area contributed by atoms with Crippen LogP contribution in [0.4, 0.5) is 14.5 Å². The Hall–Kier alpha value is -2.60. The maximum atomic E-state index is 14.9. The van der Waals surface area contributed by atoms with Gasteiger partial charge in [-0.25, -0.2) is 18.4 Å². The highest BCUT2D eigenvalue weighted by Crippen LogP contribution is 2.45. The molecule has 10 heteroatoms. The van der Waals surface area contributed by atoms with Gasteiger partial charge in [0.2, 0.25) is 0 Å². The zero-order valence-electron chi connectivity index (χ0n) is 16.1. The van der Waals surface area contributed by atoms with Crippen LogP contribution in [0.25, 0.3) is 0 Å². The summed E-state index contributed by atoms with van der Waals surface area (Å²) in [6, 6.07) is 8.06. The number of fused-ring (bicyclic) bond motifs is 1. The summed E-state index contributed by atoms with van der Waals surface area (Å²) in [7, 11) is 1.56. The Morgan fingerprint density at radius 3 is 2.63 bits per heavy atom. The Morgan fingerprint density at radius 2 is 2.00 bits per heavy atom. The molecule has 0 radical (unpaired) electrons. The number of nitrogens with zero attached hydrogens (tertiary/aromatic N) is 5. The number of carbonyl (C=O) groups is 1. The smallest absolute Gasteiger partial charge is 0.261 e. The lowest BCUT2D eigenvalue weighted by atomic mass is 9.97. The van der Waals surface area contributed by atoms with E-state index in [1.807, 2.05) is 6.92 Å². The van der Waals surface area contributed by atoms with E-state index in [2.05, 4.69) is 32.7 Å². The van der Waals surface area contributed by atoms with E-state index < -0.39 is 29.6 Å². The fourth-order valence-corrected chi connectivity index (χ4v) is 4.31. The molecule has 4 rings (SSSR count). The summed E-state index contributed by atoms with van der Waals surface area (Å²) in [5.41, 5.74) is 0.536. The minimum Gasteiger partial charge on any atom is -0.350 e. The molecule has 3 aromatic rings. The summed E-state index contributed by atoms with van der Waals surface area (Å²) in [6.07, 6.45) is 2.32. The van der Waals surface area contributed by atoms with Gasteiger partial charge in [-0.3, -0.25) is 9.69 Å². The third-order valence-electron chi connectivity index (χ3n) is 5.27. The first-order chi connectivity index (χ1) is 14.3. The quantitative estimate of drug-likeness (QED) is 0.529. The Labute approximate surface area is 185 Å². The number of hydrogen-bond acceptors (Lipinski definition) is 5. The van der Waals surface area contributed by atoms with Crippen LogP contribution >= 0.6 is 22.6 Å². The molecule has 1 aliphatic rings. The fourth-order valence-electron chi connectivity index (χ4n) is 3.84. The fraction of sp³-hybridized carbons (Fsp3) is 0.250. The van der Waals surface area contributed by atoms with Crippen molar-refractivity contribution in [1.29, 1.82) is 0 Å². The summed E-state index contributed by atoms with van der Waals surface area (Å²) in [4.78, 5) is 20.1. The van der Waals surface area contributed by atoms with Gasteiger partial charge in [0.05, 0.1) is 16.8 Å². The molecule has 2 atom stereocenters. The monoisotopic (exact) mass is 525 g/mol. The number of rotatable bonds is 4. The summed E-state index contributed by atoms with van der Waals surface area (Å²) in [6.45, 7) is 1.81. The summed E-state index contributed by atoms with van der Waals surface area (Å²) in [5, 5.41) is 16.1. The van der Waals surface area contributed by atoms with Crippen molar-refractivity contribution in [3.05, 3.63) is 75.4 Å². The summed E-state index contributed by atoms with van der Waals surface area (Å²) < 4.78 is 30.8. The van der Waals surface area contributed by atoms with Crippen LogP contribution in [0.2, 0.25) is 0 Å². The number of aliphatic hydroxyl groups is 1. The maximum absolute atomic E-state index is 14.9. The highest BCUT2D eigenvalue weighted by atomic mass is 127. The first-order valence-electron chi connectivity index (χ1n) is 9.18. The highest BCUT2D eigenvalue weighted by molar-refractivity contribution is 14.1. The molecule has 7 nitrogen and oxygen atoms in total. The molecule has 30 heavy (non-hydrogen) atoms. The Bertz CT molecular complexity index is 1110. The molecule has 1 amide bonds. The Kier molecular flexibility index (Phi) is 5.22. The second-order valence-corrected chi connectivity index (χ2v) is 8.17. The van der Waals surface area contributed by atoms with Gasteiger partial charge in [-0.15, -0.1) is 0 Å². The number of anilines is 1. The SMILES string of the molecule is CCC(N1C(=O)c2ccc(I)cc2N(C)C1(O)c1ccc(F)cc1F)n1cncn1. The highest BCUT2D eigenvalue weighted by Gasteiger charge is 2.53. The van der Waals surface area contributed by atoms with E-state index in [1.165, 1.54) is 22.2 Å².